The Morgan fingerprint density at radius 1 is 1.17 bits per heavy atom. The molecule has 4 aromatic heterocycles. The highest BCUT2D eigenvalue weighted by molar-refractivity contribution is 7.98. The quantitative estimate of drug-likeness (QED) is 0.327. The summed E-state index contributed by atoms with van der Waals surface area (Å²) < 4.78 is 0.675. The van der Waals surface area contributed by atoms with E-state index in [0.717, 1.165) is 46.2 Å². The molecule has 0 saturated carbocycles. The van der Waals surface area contributed by atoms with E-state index in [1.807, 2.05) is 11.4 Å². The van der Waals surface area contributed by atoms with E-state index in [1.54, 1.807) is 23.1 Å². The lowest BCUT2D eigenvalue weighted by atomic mass is 10.2. The minimum atomic E-state index is -0.0711. The Morgan fingerprint density at radius 2 is 1.97 bits per heavy atom. The van der Waals surface area contributed by atoms with Gasteiger partial charge in [0, 0.05) is 10.3 Å². The molecule has 0 aromatic carbocycles. The van der Waals surface area contributed by atoms with Crippen LogP contribution in [0.1, 0.15) is 35.9 Å². The molecule has 29 heavy (non-hydrogen) atoms. The molecule has 9 heteroatoms. The maximum absolute atomic E-state index is 12.3. The van der Waals surface area contributed by atoms with Crippen molar-refractivity contribution >= 4 is 54.9 Å². The molecule has 0 aliphatic rings. The van der Waals surface area contributed by atoms with Crippen LogP contribution in [0.4, 0.5) is 0 Å². The number of rotatable bonds is 7. The predicted molar refractivity (Wildman–Crippen MR) is 123 cm³/mol. The summed E-state index contributed by atoms with van der Waals surface area (Å²) in [5, 5.41) is 3.99. The van der Waals surface area contributed by atoms with Gasteiger partial charge in [0.1, 0.15) is 26.2 Å². The fraction of sp³-hybridized carbons (Fsp3) is 0.400. The first-order valence-corrected chi connectivity index (χ1v) is 12.3. The lowest BCUT2D eigenvalue weighted by Gasteiger charge is -2.17. The van der Waals surface area contributed by atoms with E-state index in [-0.39, 0.29) is 5.56 Å². The predicted octanol–water partition coefficient (Wildman–Crippen LogP) is 4.74. The maximum atomic E-state index is 12.3. The van der Waals surface area contributed by atoms with Crippen LogP contribution < -0.4 is 5.56 Å². The zero-order valence-electron chi connectivity index (χ0n) is 16.9. The second kappa shape index (κ2) is 8.51. The summed E-state index contributed by atoms with van der Waals surface area (Å²) >= 11 is 4.75. The summed E-state index contributed by atoms with van der Waals surface area (Å²) in [6.45, 7) is 11.2. The van der Waals surface area contributed by atoms with Gasteiger partial charge in [-0.2, -0.15) is 0 Å². The lowest BCUT2D eigenvalue weighted by molar-refractivity contribution is 0.288. The average Bonchev–Trinajstić information content (AvgIpc) is 3.29. The molecule has 0 bridgehead atoms. The molecule has 0 aliphatic heterocycles. The van der Waals surface area contributed by atoms with E-state index < -0.39 is 0 Å². The summed E-state index contributed by atoms with van der Waals surface area (Å²) in [5.41, 5.74) is 1.92. The molecule has 0 spiro atoms. The number of aromatic nitrogens is 4. The molecule has 152 valence electrons. The van der Waals surface area contributed by atoms with Crippen LogP contribution in [0.25, 0.3) is 20.4 Å². The molecule has 0 atom stereocenters. The Kier molecular flexibility index (Phi) is 6.00. The first-order chi connectivity index (χ1) is 14.0. The summed E-state index contributed by atoms with van der Waals surface area (Å²) in [6.07, 6.45) is 0. The molecule has 0 saturated heterocycles. The van der Waals surface area contributed by atoms with Crippen LogP contribution in [0.5, 0.6) is 0 Å². The van der Waals surface area contributed by atoms with Crippen LogP contribution in [0, 0.1) is 13.8 Å². The summed E-state index contributed by atoms with van der Waals surface area (Å²) in [5.74, 6) is 2.08. The fourth-order valence-corrected chi connectivity index (χ4v) is 6.02. The number of fused-ring (bicyclic) bond motifs is 2. The van der Waals surface area contributed by atoms with Crippen molar-refractivity contribution in [3.63, 3.8) is 0 Å². The van der Waals surface area contributed by atoms with Gasteiger partial charge in [-0.05, 0) is 43.9 Å². The van der Waals surface area contributed by atoms with Gasteiger partial charge in [-0.25, -0.2) is 15.0 Å². The number of hydrogen-bond donors (Lipinski definition) is 1. The second-order valence-corrected chi connectivity index (χ2v) is 9.89. The molecular formula is C20H23N5OS3. The Balaban J connectivity index is 1.69. The summed E-state index contributed by atoms with van der Waals surface area (Å²) in [6, 6.07) is 1.89. The van der Waals surface area contributed by atoms with Gasteiger partial charge < -0.3 is 4.98 Å². The third-order valence-corrected chi connectivity index (χ3v) is 8.00. The molecule has 4 aromatic rings. The zero-order chi connectivity index (χ0) is 20.5. The third-order valence-electron chi connectivity index (χ3n) is 5.01. The monoisotopic (exact) mass is 445 g/mol. The van der Waals surface area contributed by atoms with Crippen LogP contribution in [0.15, 0.2) is 21.3 Å². The normalized spacial score (nSPS) is 11.9. The van der Waals surface area contributed by atoms with Crippen molar-refractivity contribution in [3.05, 3.63) is 43.9 Å². The van der Waals surface area contributed by atoms with Gasteiger partial charge in [0.15, 0.2) is 0 Å². The van der Waals surface area contributed by atoms with Gasteiger partial charge >= 0.3 is 0 Å². The van der Waals surface area contributed by atoms with Crippen LogP contribution >= 0.6 is 34.4 Å². The van der Waals surface area contributed by atoms with Crippen LogP contribution in [-0.2, 0) is 12.3 Å². The van der Waals surface area contributed by atoms with Crippen molar-refractivity contribution < 1.29 is 0 Å². The topological polar surface area (TPSA) is 74.8 Å². The Morgan fingerprint density at radius 3 is 2.72 bits per heavy atom. The van der Waals surface area contributed by atoms with Gasteiger partial charge in [0.25, 0.3) is 5.56 Å². The van der Waals surface area contributed by atoms with E-state index >= 15 is 0 Å². The van der Waals surface area contributed by atoms with Crippen molar-refractivity contribution in [2.24, 2.45) is 0 Å². The van der Waals surface area contributed by atoms with Gasteiger partial charge in [0.05, 0.1) is 17.8 Å². The number of aromatic amines is 1. The van der Waals surface area contributed by atoms with Crippen molar-refractivity contribution in [2.75, 3.05) is 13.1 Å². The maximum Gasteiger partial charge on any atom is 0.268 e. The molecular weight excluding hydrogens is 422 g/mol. The van der Waals surface area contributed by atoms with Gasteiger partial charge in [-0.15, -0.1) is 22.7 Å². The van der Waals surface area contributed by atoms with E-state index in [0.29, 0.717) is 16.3 Å². The van der Waals surface area contributed by atoms with Crippen molar-refractivity contribution in [1.29, 1.82) is 0 Å². The van der Waals surface area contributed by atoms with Crippen molar-refractivity contribution in [3.8, 4) is 0 Å². The number of nitrogens with zero attached hydrogens (tertiary/aromatic N) is 4. The highest BCUT2D eigenvalue weighted by atomic mass is 32.2. The van der Waals surface area contributed by atoms with Gasteiger partial charge in [0.2, 0.25) is 0 Å². The number of nitrogens with one attached hydrogen (secondary N) is 1. The molecule has 0 fully saturated rings. The molecule has 0 aliphatic carbocycles. The smallest absolute Gasteiger partial charge is 0.268 e. The van der Waals surface area contributed by atoms with E-state index in [9.17, 15) is 4.79 Å². The largest absolute Gasteiger partial charge is 0.309 e. The van der Waals surface area contributed by atoms with Gasteiger partial charge in [-0.3, -0.25) is 9.69 Å². The fourth-order valence-electron chi connectivity index (χ4n) is 3.20. The zero-order valence-corrected chi connectivity index (χ0v) is 19.4. The standard InChI is InChI=1S/C20H23N5OS3/c1-5-25(6-2)9-14-23-19(16-11(3)12(4)29-20(16)24-14)28-10-15-21-13-7-8-27-17(13)18(26)22-15/h7-8H,5-6,9-10H2,1-4H3,(H,21,22,26). The van der Waals surface area contributed by atoms with Crippen LogP contribution in [0.2, 0.25) is 0 Å². The molecule has 0 unspecified atom stereocenters. The van der Waals surface area contributed by atoms with Crippen molar-refractivity contribution in [1.82, 2.24) is 24.8 Å². The summed E-state index contributed by atoms with van der Waals surface area (Å²) in [4.78, 5) is 34.1. The SMILES string of the molecule is CCN(CC)Cc1nc(SCc2nc3ccsc3c(=O)[nH]2)c2c(C)c(C)sc2n1. The molecule has 0 amide bonds. The molecule has 0 radical (unpaired) electrons. The minimum Gasteiger partial charge on any atom is -0.309 e. The molecule has 6 nitrogen and oxygen atoms in total. The van der Waals surface area contributed by atoms with Gasteiger partial charge in [-0.1, -0.05) is 25.6 Å². The Labute approximate surface area is 181 Å². The minimum absolute atomic E-state index is 0.0711. The van der Waals surface area contributed by atoms with E-state index in [2.05, 4.69) is 42.6 Å². The highest BCUT2D eigenvalue weighted by Crippen LogP contribution is 2.36. The number of thiophene rings is 2. The third kappa shape index (κ3) is 4.09. The number of hydrogen-bond acceptors (Lipinski definition) is 8. The average molecular weight is 446 g/mol. The van der Waals surface area contributed by atoms with E-state index in [1.165, 1.54) is 21.8 Å². The lowest BCUT2D eigenvalue weighted by Crippen LogP contribution is -2.23. The van der Waals surface area contributed by atoms with Crippen LogP contribution in [0.3, 0.4) is 0 Å². The second-order valence-electron chi connectivity index (χ2n) is 6.81. The number of aryl methyl sites for hydroxylation is 2. The molecule has 4 rings (SSSR count). The molecule has 1 N–H and O–H groups in total. The summed E-state index contributed by atoms with van der Waals surface area (Å²) in [7, 11) is 0. The Bertz CT molecular complexity index is 1220. The first kappa shape index (κ1) is 20.5. The number of H-pyrrole nitrogens is 1. The Hall–Kier alpha value is -1.81. The highest BCUT2D eigenvalue weighted by Gasteiger charge is 2.17. The molecule has 4 heterocycles. The van der Waals surface area contributed by atoms with Crippen molar-refractivity contribution in [2.45, 2.75) is 45.0 Å². The number of thioether (sulfide) groups is 1. The first-order valence-electron chi connectivity index (χ1n) is 9.58. The van der Waals surface area contributed by atoms with Crippen LogP contribution in [-0.4, -0.2) is 37.9 Å². The van der Waals surface area contributed by atoms with E-state index in [4.69, 9.17) is 9.97 Å².